The van der Waals surface area contributed by atoms with Gasteiger partial charge in [-0.2, -0.15) is 0 Å². The lowest BCUT2D eigenvalue weighted by molar-refractivity contribution is 0.332. The van der Waals surface area contributed by atoms with Gasteiger partial charge in [-0.1, -0.05) is 115 Å². The van der Waals surface area contributed by atoms with Crippen LogP contribution in [-0.2, 0) is 16.2 Å². The molecule has 0 spiro atoms. The molecule has 7 aromatic rings. The van der Waals surface area contributed by atoms with Gasteiger partial charge in [0.15, 0.2) is 0 Å². The Kier molecular flexibility index (Phi) is 5.34. The Labute approximate surface area is 339 Å². The molecule has 0 atom stereocenters. The molecule has 1 aromatic heterocycles. The molecule has 0 N–H and O–H groups in total. The van der Waals surface area contributed by atoms with Crippen LogP contribution in [0.5, 0.6) is 11.5 Å². The summed E-state index contributed by atoms with van der Waals surface area (Å²) >= 11 is 0. The molecule has 0 saturated heterocycles. The van der Waals surface area contributed by atoms with Crippen molar-refractivity contribution in [3.05, 3.63) is 150 Å². The van der Waals surface area contributed by atoms with E-state index < -0.39 is 67.1 Å². The Hall–Kier alpha value is -5.68. The van der Waals surface area contributed by atoms with Crippen LogP contribution in [-0.4, -0.2) is 6.71 Å². The summed E-state index contributed by atoms with van der Waals surface area (Å²) in [4.78, 5) is 3.36. The van der Waals surface area contributed by atoms with E-state index in [1.165, 1.54) is 16.0 Å². The highest BCUT2D eigenvalue weighted by Gasteiger charge is 2.47. The summed E-state index contributed by atoms with van der Waals surface area (Å²) in [6, 6.07) is 17.8. The number of rotatable bonds is 4. The number of ether oxygens (including phenoxy) is 1. The van der Waals surface area contributed by atoms with Gasteiger partial charge < -0.3 is 19.0 Å². The van der Waals surface area contributed by atoms with Crippen molar-refractivity contribution in [1.29, 1.82) is 0 Å². The Morgan fingerprint density at radius 2 is 1.38 bits per heavy atom. The Balaban J connectivity index is 1.37. The second kappa shape index (κ2) is 11.9. The maximum Gasteiger partial charge on any atom is 0.301 e. The van der Waals surface area contributed by atoms with Gasteiger partial charge in [0.05, 0.1) is 30.7 Å². The van der Waals surface area contributed by atoms with Gasteiger partial charge in [-0.25, -0.2) is 0 Å². The molecule has 5 heteroatoms. The van der Waals surface area contributed by atoms with Crippen molar-refractivity contribution in [3.63, 3.8) is 0 Å². The predicted octanol–water partition coefficient (Wildman–Crippen LogP) is 12.0. The smallest absolute Gasteiger partial charge is 0.301 e. The SMILES string of the molecule is [2H]c1c([2H])c([2H])c(N(c2cc3c4c(c2)N(c2ccc5c(c2)C(C)(C)CCC5(C)C)c2c(oc5ccc(C(C)(C)C)cc25)B4c2ccccc2O3)c2c([2H])c([2H])c([2H])c([2H])c2[2H])c([2H])c1[2H]. The molecule has 1 aliphatic carbocycles. The largest absolute Gasteiger partial charge is 0.468 e. The van der Waals surface area contributed by atoms with E-state index in [-0.39, 0.29) is 33.3 Å². The fourth-order valence-corrected chi connectivity index (χ4v) is 8.83. The molecule has 55 heavy (non-hydrogen) atoms. The molecule has 10 rings (SSSR count). The van der Waals surface area contributed by atoms with E-state index in [4.69, 9.17) is 17.4 Å². The van der Waals surface area contributed by atoms with Gasteiger partial charge in [-0.15, -0.1) is 0 Å². The zero-order chi connectivity index (χ0) is 46.6. The number of hydrogen-bond acceptors (Lipinski definition) is 4. The topological polar surface area (TPSA) is 28.9 Å². The van der Waals surface area contributed by atoms with Crippen molar-refractivity contribution in [1.82, 2.24) is 0 Å². The maximum absolute atomic E-state index is 9.23. The monoisotopic (exact) mass is 728 g/mol. The van der Waals surface area contributed by atoms with Gasteiger partial charge in [0.25, 0.3) is 0 Å². The van der Waals surface area contributed by atoms with Crippen LogP contribution in [0.3, 0.4) is 0 Å². The lowest BCUT2D eigenvalue weighted by Gasteiger charge is -2.43. The minimum absolute atomic E-state index is 0.0729. The highest BCUT2D eigenvalue weighted by molar-refractivity contribution is 6.98. The van der Waals surface area contributed by atoms with E-state index >= 15 is 0 Å². The van der Waals surface area contributed by atoms with Crippen LogP contribution in [0.15, 0.2) is 138 Å². The molecule has 6 aromatic carbocycles. The highest BCUT2D eigenvalue weighted by atomic mass is 16.5. The van der Waals surface area contributed by atoms with Gasteiger partial charge in [-0.05, 0) is 112 Å². The number of hydrogen-bond donors (Lipinski definition) is 0. The summed E-state index contributed by atoms with van der Waals surface area (Å²) in [5.41, 5.74) is 7.74. The zero-order valence-corrected chi connectivity index (χ0v) is 32.1. The van der Waals surface area contributed by atoms with Crippen LogP contribution in [0.25, 0.3) is 11.0 Å². The molecule has 0 amide bonds. The van der Waals surface area contributed by atoms with Crippen LogP contribution in [0.2, 0.25) is 0 Å². The van der Waals surface area contributed by atoms with Crippen molar-refractivity contribution in [2.24, 2.45) is 0 Å². The second-order valence-corrected chi connectivity index (χ2v) is 17.3. The second-order valence-electron chi connectivity index (χ2n) is 17.3. The van der Waals surface area contributed by atoms with Crippen molar-refractivity contribution >= 4 is 68.4 Å². The van der Waals surface area contributed by atoms with E-state index in [0.29, 0.717) is 28.4 Å². The van der Waals surface area contributed by atoms with Crippen molar-refractivity contribution < 1.29 is 22.9 Å². The molecule has 4 nitrogen and oxygen atoms in total. The van der Waals surface area contributed by atoms with E-state index in [0.717, 1.165) is 46.1 Å². The fraction of sp³-hybridized carbons (Fsp3) is 0.240. The standard InChI is InChI=1S/C50H47BN2O2/c1-48(2,3)32-22-25-42-37(28-32)46-47(55-42)51-40-20-14-15-21-43(40)54-44-31-36(52(33-16-10-8-11-17-33)34-18-12-9-13-19-34)30-41(45(44)51)53(46)35-23-24-38-39(29-35)50(6,7)27-26-49(38,4)5/h8-25,28-31H,26-27H2,1-7H3/i8D,9D,10D,11D,12D,13D,16D,17D,18D,19D. The predicted molar refractivity (Wildman–Crippen MR) is 231 cm³/mol. The van der Waals surface area contributed by atoms with Gasteiger partial charge >= 0.3 is 6.71 Å². The molecule has 3 aliphatic rings. The van der Waals surface area contributed by atoms with Gasteiger partial charge in [0.2, 0.25) is 0 Å². The Morgan fingerprint density at radius 3 is 2.07 bits per heavy atom. The Bertz CT molecular complexity index is 3100. The maximum atomic E-state index is 9.23. The van der Waals surface area contributed by atoms with E-state index in [1.807, 2.05) is 36.4 Å². The van der Waals surface area contributed by atoms with Gasteiger partial charge in [-0.3, -0.25) is 0 Å². The molecule has 0 unspecified atom stereocenters. The minimum Gasteiger partial charge on any atom is -0.468 e. The average molecular weight is 729 g/mol. The zero-order valence-electron chi connectivity index (χ0n) is 42.1. The quantitative estimate of drug-likeness (QED) is 0.169. The molecule has 2 aliphatic heterocycles. The lowest BCUT2D eigenvalue weighted by Crippen LogP contribution is -2.59. The first-order valence-corrected chi connectivity index (χ1v) is 18.9. The Morgan fingerprint density at radius 1 is 0.709 bits per heavy atom. The van der Waals surface area contributed by atoms with Crippen LogP contribution in [0.4, 0.5) is 34.1 Å². The first-order valence-electron chi connectivity index (χ1n) is 23.9. The number of furan rings is 1. The molecule has 3 heterocycles. The molecular formula is C50H47BN2O2. The van der Waals surface area contributed by atoms with Crippen molar-refractivity contribution in [2.75, 3.05) is 9.80 Å². The molecule has 0 saturated carbocycles. The normalized spacial score (nSPS) is 18.7. The third kappa shape index (κ3) is 5.27. The average Bonchev–Trinajstić information content (AvgIpc) is 3.65. The number of benzene rings is 6. The summed E-state index contributed by atoms with van der Waals surface area (Å²) in [6.45, 7) is 15.1. The molecule has 0 fully saturated rings. The first kappa shape index (κ1) is 24.7. The number of para-hydroxylation sites is 3. The molecule has 0 bridgehead atoms. The summed E-state index contributed by atoms with van der Waals surface area (Å²) in [6.07, 6.45) is 2.01. The van der Waals surface area contributed by atoms with Crippen LogP contribution in [0.1, 0.15) is 91.7 Å². The van der Waals surface area contributed by atoms with E-state index in [2.05, 4.69) is 83.7 Å². The lowest BCUT2D eigenvalue weighted by atomic mass is 9.36. The first-order chi connectivity index (χ1) is 30.5. The van der Waals surface area contributed by atoms with Crippen molar-refractivity contribution in [3.8, 4) is 11.5 Å². The summed E-state index contributed by atoms with van der Waals surface area (Å²) in [5, 5.41) is 0.874. The van der Waals surface area contributed by atoms with Crippen molar-refractivity contribution in [2.45, 2.75) is 77.6 Å². The van der Waals surface area contributed by atoms with Crippen LogP contribution < -0.4 is 31.1 Å². The third-order valence-electron chi connectivity index (χ3n) is 11.9. The number of nitrogens with zero attached hydrogens (tertiary/aromatic N) is 2. The summed E-state index contributed by atoms with van der Waals surface area (Å²) in [7, 11) is 0. The summed E-state index contributed by atoms with van der Waals surface area (Å²) in [5.74, 6) is 0.912. The number of fused-ring (bicyclic) bond motifs is 7. The number of anilines is 6. The third-order valence-corrected chi connectivity index (χ3v) is 11.9. The molecule has 0 radical (unpaired) electrons. The summed E-state index contributed by atoms with van der Waals surface area (Å²) < 4.78 is 103. The van der Waals surface area contributed by atoms with Crippen LogP contribution in [0, 0.1) is 0 Å². The van der Waals surface area contributed by atoms with Crippen LogP contribution >= 0.6 is 0 Å². The minimum atomic E-state index is -0.645. The van der Waals surface area contributed by atoms with E-state index in [1.54, 1.807) is 6.07 Å². The van der Waals surface area contributed by atoms with Gasteiger partial charge in [0.1, 0.15) is 17.1 Å². The highest BCUT2D eigenvalue weighted by Crippen LogP contribution is 2.51. The van der Waals surface area contributed by atoms with E-state index in [9.17, 15) is 5.48 Å². The molecular weight excluding hydrogens is 671 g/mol. The fourth-order valence-electron chi connectivity index (χ4n) is 8.83. The molecule has 272 valence electrons. The van der Waals surface area contributed by atoms with Gasteiger partial charge in [0, 0.05) is 39.7 Å².